The Morgan fingerprint density at radius 1 is 0.267 bits per heavy atom. The predicted molar refractivity (Wildman–Crippen MR) is 429 cm³/mol. The van der Waals surface area contributed by atoms with Gasteiger partial charge in [0.05, 0.1) is 52.9 Å². The number of benzene rings is 10. The van der Waals surface area contributed by atoms with Crippen molar-refractivity contribution in [2.45, 2.75) is 85.5 Å². The number of rotatable bonds is 41. The van der Waals surface area contributed by atoms with E-state index < -0.39 is 0 Å². The average Bonchev–Trinajstić information content (AvgIpc) is 0.800. The normalized spacial score (nSPS) is 10.8. The van der Waals surface area contributed by atoms with E-state index in [1.54, 1.807) is 0 Å². The van der Waals surface area contributed by atoms with Crippen molar-refractivity contribution in [2.24, 2.45) is 34.4 Å². The molecular weight excluding hydrogens is 1320 g/mol. The highest BCUT2D eigenvalue weighted by molar-refractivity contribution is 6.07. The van der Waals surface area contributed by atoms with Gasteiger partial charge in [-0.2, -0.15) is 0 Å². The van der Waals surface area contributed by atoms with E-state index in [2.05, 4.69) is 36.6 Å². The molecule has 0 fully saturated rings. The quantitative estimate of drug-likeness (QED) is 0.0165. The minimum Gasteiger partial charge on any atom is -0.493 e. The van der Waals surface area contributed by atoms with Crippen LogP contribution in [0.4, 0.5) is 11.4 Å². The van der Waals surface area contributed by atoms with Gasteiger partial charge >= 0.3 is 0 Å². The molecule has 10 rings (SSSR count). The van der Waals surface area contributed by atoms with Gasteiger partial charge in [-0.1, -0.05) is 107 Å². The summed E-state index contributed by atoms with van der Waals surface area (Å²) in [6.45, 7) is 11.5. The molecule has 0 saturated carbocycles. The van der Waals surface area contributed by atoms with Crippen molar-refractivity contribution < 1.29 is 47.5 Å². The van der Waals surface area contributed by atoms with Crippen molar-refractivity contribution in [1.82, 2.24) is 0 Å². The molecule has 0 aliphatic rings. The number of carbonyl (C=O) groups excluding carboxylic acids is 2. The Morgan fingerprint density at radius 3 is 0.848 bits per heavy atom. The topological polar surface area (TPSA) is 288 Å². The van der Waals surface area contributed by atoms with Crippen LogP contribution < -0.4 is 82.9 Å². The molecule has 10 aromatic rings. The summed E-state index contributed by atoms with van der Waals surface area (Å²) in [4.78, 5) is 27.5. The SMILES string of the molecule is C.CCCCOc1cc(OCCCN)cc(-c2cc(NC(=O)c3ccc(-c4ccccc4)cc3)cc(-c3cc(OCCCN)cc(OCCCN)c3)c2)c1.CCCCOc1cc(OCCCN)cc(-c2cc(NC(=O)c3ccc4ccccc4c3)cc(-c3cc(OCCCN)cc(OCCCN)c3)c2)c1. The number of unbranched alkanes of at least 4 members (excludes halogenated alkanes) is 2. The van der Waals surface area contributed by atoms with E-state index in [0.29, 0.717) is 161 Å². The summed E-state index contributed by atoms with van der Waals surface area (Å²) in [6, 6.07) is 66.9. The number of amides is 2. The van der Waals surface area contributed by atoms with Gasteiger partial charge in [0.1, 0.15) is 46.0 Å². The van der Waals surface area contributed by atoms with E-state index in [0.717, 1.165) is 131 Å². The van der Waals surface area contributed by atoms with E-state index in [4.69, 9.17) is 72.3 Å². The predicted octanol–water partition coefficient (Wildman–Crippen LogP) is 16.7. The fourth-order valence-corrected chi connectivity index (χ4v) is 11.2. The van der Waals surface area contributed by atoms with Gasteiger partial charge in [-0.25, -0.2) is 0 Å². The van der Waals surface area contributed by atoms with Crippen molar-refractivity contribution >= 4 is 34.0 Å². The Balaban J connectivity index is 0.000000263. The largest absolute Gasteiger partial charge is 0.493 e. The summed E-state index contributed by atoms with van der Waals surface area (Å²) in [5.74, 6) is 5.01. The van der Waals surface area contributed by atoms with Gasteiger partial charge in [0, 0.05) is 46.8 Å². The molecule has 0 bridgehead atoms. The van der Waals surface area contributed by atoms with E-state index >= 15 is 0 Å². The fourth-order valence-electron chi connectivity index (χ4n) is 11.2. The van der Waals surface area contributed by atoms with Gasteiger partial charge < -0.3 is 82.9 Å². The molecule has 0 atom stereocenters. The summed E-state index contributed by atoms with van der Waals surface area (Å²) in [5, 5.41) is 8.39. The van der Waals surface area contributed by atoms with Crippen LogP contribution in [0.2, 0.25) is 0 Å². The minimum absolute atomic E-state index is 0. The summed E-state index contributed by atoms with van der Waals surface area (Å²) in [5.41, 5.74) is 45.9. The van der Waals surface area contributed by atoms with E-state index in [-0.39, 0.29) is 19.2 Å². The van der Waals surface area contributed by atoms with Gasteiger partial charge in [-0.05, 0) is 266 Å². The fraction of sp³-hybridized carbons (Fsp3) is 0.310. The number of hydrogen-bond acceptors (Lipinski definition) is 16. The number of hydrogen-bond donors (Lipinski definition) is 8. The highest BCUT2D eigenvalue weighted by atomic mass is 16.5. The van der Waals surface area contributed by atoms with Crippen LogP contribution >= 0.6 is 0 Å². The lowest BCUT2D eigenvalue weighted by Crippen LogP contribution is -2.12. The molecule has 18 nitrogen and oxygen atoms in total. The molecule has 14 N–H and O–H groups in total. The van der Waals surface area contributed by atoms with Crippen LogP contribution in [-0.4, -0.2) is 104 Å². The maximum atomic E-state index is 13.7. The van der Waals surface area contributed by atoms with Crippen molar-refractivity contribution in [3.05, 3.63) is 217 Å². The van der Waals surface area contributed by atoms with E-state index in [1.807, 2.05) is 194 Å². The zero-order valence-electron chi connectivity index (χ0n) is 60.1. The average molecular weight is 1420 g/mol. The highest BCUT2D eigenvalue weighted by Crippen LogP contribution is 2.40. The Bertz CT molecular complexity index is 4020. The highest BCUT2D eigenvalue weighted by Gasteiger charge is 2.18. The lowest BCUT2D eigenvalue weighted by atomic mass is 9.97. The number of nitrogens with two attached hydrogens (primary N) is 6. The Kier molecular flexibility index (Phi) is 33.3. The van der Waals surface area contributed by atoms with Crippen LogP contribution in [0, 0.1) is 0 Å². The number of ether oxygens (including phenoxy) is 8. The summed E-state index contributed by atoms with van der Waals surface area (Å²) >= 11 is 0. The molecule has 2 amide bonds. The first-order chi connectivity index (χ1) is 51.0. The Labute approximate surface area is 620 Å². The molecular formula is C87H106N8O10. The molecule has 10 aromatic carbocycles. The molecule has 105 heavy (non-hydrogen) atoms. The Hall–Kier alpha value is -10.4. The standard InChI is InChI=1S/C44H52N4O5.C42H50N4O5.CH4/c1-2-3-19-50-40-26-37(27-41(30-40)51-20-7-16-45)35-23-36(38-28-42(52-21-8-17-46)31-43(29-38)53-22-9-18-47)25-39(24-35)48-44(49)34-14-12-33(13-15-34)32-10-5-4-6-11-32;1-2-3-16-48-38-24-35(25-39(28-38)49-17-6-13-43)33-21-34(36-26-40(50-18-7-14-44)29-41(27-36)51-19-8-15-45)23-37(22-33)46-42(47)32-12-11-30-9-4-5-10-31(30)20-32;/h4-6,10-15,23-31H,2-3,7-9,16-22,45-47H2,1H3,(H,48,49);4-5,9-12,20-29H,2-3,6-8,13-19,43-45H2,1H3,(H,46,47);1H4. The Morgan fingerprint density at radius 2 is 0.533 bits per heavy atom. The zero-order valence-corrected chi connectivity index (χ0v) is 60.1. The number of nitrogens with one attached hydrogen (secondary N) is 2. The third-order valence-corrected chi connectivity index (χ3v) is 16.7. The molecule has 0 radical (unpaired) electrons. The van der Waals surface area contributed by atoms with Gasteiger partial charge in [-0.15, -0.1) is 0 Å². The first-order valence-corrected chi connectivity index (χ1v) is 36.4. The molecule has 0 saturated heterocycles. The van der Waals surface area contributed by atoms with Gasteiger partial charge in [0.2, 0.25) is 0 Å². The minimum atomic E-state index is -0.222. The number of anilines is 2. The monoisotopic (exact) mass is 1420 g/mol. The zero-order chi connectivity index (χ0) is 73.1. The lowest BCUT2D eigenvalue weighted by molar-refractivity contribution is 0.101. The third-order valence-electron chi connectivity index (χ3n) is 16.7. The van der Waals surface area contributed by atoms with Crippen LogP contribution in [0.3, 0.4) is 0 Å². The van der Waals surface area contributed by atoms with Crippen LogP contribution in [0.5, 0.6) is 46.0 Å². The maximum Gasteiger partial charge on any atom is 0.255 e. The molecule has 0 aliphatic carbocycles. The molecule has 18 heteroatoms. The molecule has 0 heterocycles. The van der Waals surface area contributed by atoms with Gasteiger partial charge in [0.25, 0.3) is 11.8 Å². The summed E-state index contributed by atoms with van der Waals surface area (Å²) in [7, 11) is 0. The van der Waals surface area contributed by atoms with Crippen molar-refractivity contribution in [1.29, 1.82) is 0 Å². The van der Waals surface area contributed by atoms with Crippen molar-refractivity contribution in [3.8, 4) is 102 Å². The smallest absolute Gasteiger partial charge is 0.255 e. The third kappa shape index (κ3) is 25.4. The maximum absolute atomic E-state index is 13.7. The number of fused-ring (bicyclic) bond motifs is 1. The molecule has 554 valence electrons. The van der Waals surface area contributed by atoms with Crippen LogP contribution in [-0.2, 0) is 0 Å². The van der Waals surface area contributed by atoms with Crippen molar-refractivity contribution in [2.75, 3.05) is 103 Å². The molecule has 0 unspecified atom stereocenters. The summed E-state index contributed by atoms with van der Waals surface area (Å²) < 4.78 is 48.9. The first kappa shape index (κ1) is 80.2. The van der Waals surface area contributed by atoms with Crippen LogP contribution in [0.25, 0.3) is 66.4 Å². The van der Waals surface area contributed by atoms with Crippen molar-refractivity contribution in [3.63, 3.8) is 0 Å². The van der Waals surface area contributed by atoms with E-state index in [1.165, 1.54) is 0 Å². The van der Waals surface area contributed by atoms with E-state index in [9.17, 15) is 9.59 Å². The molecule has 0 spiro atoms. The summed E-state index contributed by atoms with van der Waals surface area (Å²) in [6.07, 6.45) is 8.26. The second-order valence-electron chi connectivity index (χ2n) is 25.1. The second-order valence-corrected chi connectivity index (χ2v) is 25.1. The van der Waals surface area contributed by atoms with Crippen LogP contribution in [0.15, 0.2) is 206 Å². The molecule has 0 aliphatic heterocycles. The van der Waals surface area contributed by atoms with Gasteiger partial charge in [0.15, 0.2) is 0 Å². The molecule has 0 aromatic heterocycles. The first-order valence-electron chi connectivity index (χ1n) is 36.4. The number of carbonyl (C=O) groups is 2. The van der Waals surface area contributed by atoms with Crippen LogP contribution in [0.1, 0.15) is 106 Å². The second kappa shape index (κ2) is 43.6. The van der Waals surface area contributed by atoms with Gasteiger partial charge in [-0.3, -0.25) is 9.59 Å². The lowest BCUT2D eigenvalue weighted by Gasteiger charge is -2.16.